The van der Waals surface area contributed by atoms with Crippen LogP contribution in [0.5, 0.6) is 0 Å². The van der Waals surface area contributed by atoms with Crippen molar-refractivity contribution in [3.05, 3.63) is 60.2 Å². The zero-order valence-electron chi connectivity index (χ0n) is 13.5. The number of carbonyl (C=O) groups excluding carboxylic acids is 3. The van der Waals surface area contributed by atoms with Gasteiger partial charge in [-0.25, -0.2) is 4.79 Å². The van der Waals surface area contributed by atoms with E-state index < -0.39 is 11.9 Å². The van der Waals surface area contributed by atoms with Crippen molar-refractivity contribution in [1.29, 1.82) is 0 Å². The predicted octanol–water partition coefficient (Wildman–Crippen LogP) is 2.46. The third kappa shape index (κ3) is 4.19. The lowest BCUT2D eigenvalue weighted by Gasteiger charge is -2.21. The molecule has 124 valence electrons. The highest BCUT2D eigenvalue weighted by molar-refractivity contribution is 6.05. The van der Waals surface area contributed by atoms with Crippen molar-refractivity contribution in [2.24, 2.45) is 0 Å². The fraction of sp³-hybridized carbons (Fsp3) is 0.167. The van der Waals surface area contributed by atoms with E-state index in [1.54, 1.807) is 48.5 Å². The van der Waals surface area contributed by atoms with Crippen LogP contribution in [0.2, 0.25) is 0 Å². The minimum Gasteiger partial charge on any atom is -0.465 e. The van der Waals surface area contributed by atoms with Crippen LogP contribution < -0.4 is 10.2 Å². The van der Waals surface area contributed by atoms with Gasteiger partial charge >= 0.3 is 5.97 Å². The molecule has 0 heterocycles. The zero-order valence-corrected chi connectivity index (χ0v) is 13.5. The van der Waals surface area contributed by atoms with E-state index in [0.717, 1.165) is 0 Å². The van der Waals surface area contributed by atoms with Gasteiger partial charge in [0.1, 0.15) is 6.54 Å². The van der Waals surface area contributed by atoms with E-state index in [1.165, 1.54) is 18.9 Å². The van der Waals surface area contributed by atoms with Gasteiger partial charge in [0.2, 0.25) is 11.8 Å². The topological polar surface area (TPSA) is 75.7 Å². The number of benzene rings is 2. The van der Waals surface area contributed by atoms with Gasteiger partial charge in [-0.15, -0.1) is 0 Å². The van der Waals surface area contributed by atoms with E-state index in [1.807, 2.05) is 6.07 Å². The minimum atomic E-state index is -0.544. The quantitative estimate of drug-likeness (QED) is 0.857. The summed E-state index contributed by atoms with van der Waals surface area (Å²) in [6.07, 6.45) is 0. The Bertz CT molecular complexity index is 744. The summed E-state index contributed by atoms with van der Waals surface area (Å²) in [5.41, 5.74) is 1.22. The summed E-state index contributed by atoms with van der Waals surface area (Å²) in [5.74, 6) is -1.21. The molecule has 0 bridgehead atoms. The Morgan fingerprint density at radius 3 is 2.25 bits per heavy atom. The number of nitrogens with one attached hydrogen (secondary N) is 1. The molecule has 0 spiro atoms. The van der Waals surface area contributed by atoms with Crippen molar-refractivity contribution in [2.75, 3.05) is 23.9 Å². The number of rotatable bonds is 5. The molecule has 0 aliphatic rings. The molecule has 0 unspecified atom stereocenters. The van der Waals surface area contributed by atoms with Crippen LogP contribution in [0.3, 0.4) is 0 Å². The number of hydrogen-bond acceptors (Lipinski definition) is 4. The number of anilines is 2. The Morgan fingerprint density at radius 1 is 1.00 bits per heavy atom. The fourth-order valence-electron chi connectivity index (χ4n) is 2.21. The van der Waals surface area contributed by atoms with Crippen molar-refractivity contribution in [3.8, 4) is 0 Å². The molecule has 0 aromatic heterocycles. The first-order valence-corrected chi connectivity index (χ1v) is 7.33. The number of hydrogen-bond donors (Lipinski definition) is 1. The first-order chi connectivity index (χ1) is 11.5. The van der Waals surface area contributed by atoms with Gasteiger partial charge in [0.25, 0.3) is 0 Å². The van der Waals surface area contributed by atoms with Crippen molar-refractivity contribution in [1.82, 2.24) is 0 Å². The molecule has 0 radical (unpaired) electrons. The van der Waals surface area contributed by atoms with Gasteiger partial charge in [-0.2, -0.15) is 0 Å². The van der Waals surface area contributed by atoms with Crippen LogP contribution in [0.15, 0.2) is 54.6 Å². The normalized spacial score (nSPS) is 9.92. The number of esters is 1. The van der Waals surface area contributed by atoms with E-state index in [0.29, 0.717) is 11.4 Å². The van der Waals surface area contributed by atoms with Crippen molar-refractivity contribution in [3.63, 3.8) is 0 Å². The molecule has 2 aromatic carbocycles. The summed E-state index contributed by atoms with van der Waals surface area (Å²) in [6, 6.07) is 15.4. The standard InChI is InChI=1S/C18H18N2O4/c1-13(21)20(14-8-4-3-5-9-14)12-17(22)19-16-11-7-6-10-15(16)18(23)24-2/h3-11H,12H2,1-2H3,(H,19,22). The second kappa shape index (κ2) is 7.92. The van der Waals surface area contributed by atoms with Gasteiger partial charge < -0.3 is 15.0 Å². The summed E-state index contributed by atoms with van der Waals surface area (Å²) in [7, 11) is 1.27. The summed E-state index contributed by atoms with van der Waals surface area (Å²) in [5, 5.41) is 2.65. The molecule has 2 aromatic rings. The van der Waals surface area contributed by atoms with Crippen LogP contribution in [0, 0.1) is 0 Å². The lowest BCUT2D eigenvalue weighted by Crippen LogP contribution is -2.36. The molecule has 0 atom stereocenters. The second-order valence-corrected chi connectivity index (χ2v) is 5.03. The Kier molecular flexibility index (Phi) is 5.68. The number of carbonyl (C=O) groups is 3. The van der Waals surface area contributed by atoms with Crippen LogP contribution in [-0.2, 0) is 14.3 Å². The molecule has 0 aliphatic heterocycles. The average molecular weight is 326 g/mol. The zero-order chi connectivity index (χ0) is 17.5. The third-order valence-electron chi connectivity index (χ3n) is 3.36. The maximum absolute atomic E-state index is 12.3. The molecule has 0 aliphatic carbocycles. The molecule has 6 heteroatoms. The van der Waals surface area contributed by atoms with Gasteiger partial charge in [-0.1, -0.05) is 30.3 Å². The predicted molar refractivity (Wildman–Crippen MR) is 90.9 cm³/mol. The first kappa shape index (κ1) is 17.2. The van der Waals surface area contributed by atoms with Crippen molar-refractivity contribution >= 4 is 29.2 Å². The Balaban J connectivity index is 2.15. The second-order valence-electron chi connectivity index (χ2n) is 5.03. The fourth-order valence-corrected chi connectivity index (χ4v) is 2.21. The number of methoxy groups -OCH3 is 1. The monoisotopic (exact) mass is 326 g/mol. The lowest BCUT2D eigenvalue weighted by atomic mass is 10.2. The Hall–Kier alpha value is -3.15. The molecule has 0 fully saturated rings. The molecule has 1 N–H and O–H groups in total. The molecule has 0 saturated carbocycles. The molecule has 0 saturated heterocycles. The van der Waals surface area contributed by atoms with E-state index in [2.05, 4.69) is 5.32 Å². The highest BCUT2D eigenvalue weighted by atomic mass is 16.5. The summed E-state index contributed by atoms with van der Waals surface area (Å²) >= 11 is 0. The maximum atomic E-state index is 12.3. The smallest absolute Gasteiger partial charge is 0.339 e. The molecular weight excluding hydrogens is 308 g/mol. The van der Waals surface area contributed by atoms with Crippen LogP contribution in [0.25, 0.3) is 0 Å². The average Bonchev–Trinajstić information content (AvgIpc) is 2.60. The van der Waals surface area contributed by atoms with Crippen LogP contribution in [-0.4, -0.2) is 31.4 Å². The Morgan fingerprint density at radius 2 is 1.62 bits per heavy atom. The highest BCUT2D eigenvalue weighted by Crippen LogP contribution is 2.17. The first-order valence-electron chi connectivity index (χ1n) is 7.33. The SMILES string of the molecule is COC(=O)c1ccccc1NC(=O)CN(C(C)=O)c1ccccc1. The number of ether oxygens (including phenoxy) is 1. The van der Waals surface area contributed by atoms with Crippen LogP contribution >= 0.6 is 0 Å². The van der Waals surface area contributed by atoms with Gasteiger partial charge in [0.05, 0.1) is 18.4 Å². The molecule has 2 amide bonds. The van der Waals surface area contributed by atoms with Crippen molar-refractivity contribution < 1.29 is 19.1 Å². The van der Waals surface area contributed by atoms with Gasteiger partial charge in [-0.3, -0.25) is 9.59 Å². The molecule has 2 rings (SSSR count). The van der Waals surface area contributed by atoms with E-state index in [4.69, 9.17) is 4.74 Å². The number of amides is 2. The van der Waals surface area contributed by atoms with E-state index in [-0.39, 0.29) is 18.0 Å². The highest BCUT2D eigenvalue weighted by Gasteiger charge is 2.18. The van der Waals surface area contributed by atoms with Crippen molar-refractivity contribution in [2.45, 2.75) is 6.92 Å². The lowest BCUT2D eigenvalue weighted by molar-refractivity contribution is -0.120. The van der Waals surface area contributed by atoms with Crippen LogP contribution in [0.4, 0.5) is 11.4 Å². The molecule has 6 nitrogen and oxygen atoms in total. The van der Waals surface area contributed by atoms with E-state index >= 15 is 0 Å². The summed E-state index contributed by atoms with van der Waals surface area (Å²) in [6.45, 7) is 1.23. The largest absolute Gasteiger partial charge is 0.465 e. The van der Waals surface area contributed by atoms with E-state index in [9.17, 15) is 14.4 Å². The van der Waals surface area contributed by atoms with Gasteiger partial charge in [0.15, 0.2) is 0 Å². The van der Waals surface area contributed by atoms with Crippen LogP contribution in [0.1, 0.15) is 17.3 Å². The van der Waals surface area contributed by atoms with Gasteiger partial charge in [0, 0.05) is 12.6 Å². The Labute approximate surface area is 140 Å². The summed E-state index contributed by atoms with van der Waals surface area (Å²) in [4.78, 5) is 37.2. The molecule has 24 heavy (non-hydrogen) atoms. The number of para-hydroxylation sites is 2. The number of nitrogens with zero attached hydrogens (tertiary/aromatic N) is 1. The third-order valence-corrected chi connectivity index (χ3v) is 3.36. The molecular formula is C18H18N2O4. The minimum absolute atomic E-state index is 0.158. The van der Waals surface area contributed by atoms with Gasteiger partial charge in [-0.05, 0) is 24.3 Å². The maximum Gasteiger partial charge on any atom is 0.339 e. The summed E-state index contributed by atoms with van der Waals surface area (Å²) < 4.78 is 4.69.